The number of furan rings is 1. The molecule has 132 valence electrons. The van der Waals surface area contributed by atoms with Gasteiger partial charge in [0.1, 0.15) is 5.76 Å². The number of fused-ring (bicyclic) bond motifs is 2. The predicted molar refractivity (Wildman–Crippen MR) is 105 cm³/mol. The van der Waals surface area contributed by atoms with Gasteiger partial charge in [-0.25, -0.2) is 0 Å². The van der Waals surface area contributed by atoms with Crippen LogP contribution in [0.1, 0.15) is 37.0 Å². The molecular formula is C20H25N3OS. The van der Waals surface area contributed by atoms with Crippen LogP contribution in [0.5, 0.6) is 0 Å². The molecule has 0 spiro atoms. The molecule has 1 aromatic heterocycles. The fourth-order valence-electron chi connectivity index (χ4n) is 4.29. The Morgan fingerprint density at radius 1 is 1.16 bits per heavy atom. The van der Waals surface area contributed by atoms with Gasteiger partial charge >= 0.3 is 0 Å². The van der Waals surface area contributed by atoms with Gasteiger partial charge in [0.25, 0.3) is 0 Å². The molecule has 2 aliphatic heterocycles. The summed E-state index contributed by atoms with van der Waals surface area (Å²) in [5, 5.41) is 7.63. The average molecular weight is 356 g/mol. The Balaban J connectivity index is 1.33. The Labute approximate surface area is 154 Å². The first-order chi connectivity index (χ1) is 12.2. The smallest absolute Gasteiger partial charge is 0.171 e. The highest BCUT2D eigenvalue weighted by atomic mass is 32.1. The summed E-state index contributed by atoms with van der Waals surface area (Å²) in [5.41, 5.74) is 2.29. The third-order valence-electron chi connectivity index (χ3n) is 5.53. The lowest BCUT2D eigenvalue weighted by Crippen LogP contribution is -2.50. The van der Waals surface area contributed by atoms with E-state index in [1.807, 2.05) is 18.2 Å². The summed E-state index contributed by atoms with van der Waals surface area (Å²) in [7, 11) is 0. The Kier molecular flexibility index (Phi) is 4.77. The molecule has 2 aromatic rings. The minimum atomic E-state index is 0.453. The molecule has 25 heavy (non-hydrogen) atoms. The topological polar surface area (TPSA) is 40.4 Å². The number of benzene rings is 1. The number of nitrogens with one attached hydrogen (secondary N) is 2. The summed E-state index contributed by atoms with van der Waals surface area (Å²) >= 11 is 5.55. The third kappa shape index (κ3) is 3.72. The molecule has 0 amide bonds. The molecule has 2 bridgehead atoms. The Bertz CT molecular complexity index is 716. The normalized spacial score (nSPS) is 25.7. The Morgan fingerprint density at radius 2 is 1.92 bits per heavy atom. The summed E-state index contributed by atoms with van der Waals surface area (Å²) in [4.78, 5) is 2.62. The molecule has 4 nitrogen and oxygen atoms in total. The van der Waals surface area contributed by atoms with Crippen molar-refractivity contribution in [2.45, 2.75) is 57.3 Å². The van der Waals surface area contributed by atoms with Crippen LogP contribution in [0.3, 0.4) is 0 Å². The van der Waals surface area contributed by atoms with Crippen molar-refractivity contribution >= 4 is 23.0 Å². The average Bonchev–Trinajstić information content (AvgIpc) is 3.17. The van der Waals surface area contributed by atoms with Crippen molar-refractivity contribution in [3.63, 3.8) is 0 Å². The number of para-hydroxylation sites is 1. The van der Waals surface area contributed by atoms with E-state index in [9.17, 15) is 0 Å². The van der Waals surface area contributed by atoms with Gasteiger partial charge in [-0.1, -0.05) is 18.2 Å². The van der Waals surface area contributed by atoms with E-state index in [1.54, 1.807) is 6.26 Å². The number of hydrogen-bond acceptors (Lipinski definition) is 3. The van der Waals surface area contributed by atoms with Gasteiger partial charge in [-0.15, -0.1) is 0 Å². The van der Waals surface area contributed by atoms with E-state index in [0.29, 0.717) is 18.1 Å². The molecule has 2 N–H and O–H groups in total. The van der Waals surface area contributed by atoms with Gasteiger partial charge in [-0.2, -0.15) is 0 Å². The molecule has 0 saturated carbocycles. The Morgan fingerprint density at radius 3 is 2.60 bits per heavy atom. The zero-order valence-corrected chi connectivity index (χ0v) is 15.4. The lowest BCUT2D eigenvalue weighted by atomic mass is 9.97. The van der Waals surface area contributed by atoms with Crippen LogP contribution in [0.4, 0.5) is 5.69 Å². The van der Waals surface area contributed by atoms with E-state index in [-0.39, 0.29) is 0 Å². The number of hydrogen-bond donors (Lipinski definition) is 2. The Hall–Kier alpha value is -1.85. The lowest BCUT2D eigenvalue weighted by Gasteiger charge is -2.39. The number of piperidine rings is 1. The molecule has 0 unspecified atom stereocenters. The molecule has 2 aliphatic rings. The van der Waals surface area contributed by atoms with Crippen LogP contribution in [0, 0.1) is 6.92 Å². The van der Waals surface area contributed by atoms with E-state index in [1.165, 1.54) is 18.4 Å². The van der Waals surface area contributed by atoms with Gasteiger partial charge in [0.05, 0.1) is 12.8 Å². The van der Waals surface area contributed by atoms with Crippen LogP contribution < -0.4 is 10.6 Å². The predicted octanol–water partition coefficient (Wildman–Crippen LogP) is 4.07. The molecular weight excluding hydrogens is 330 g/mol. The van der Waals surface area contributed by atoms with Crippen molar-refractivity contribution in [2.24, 2.45) is 0 Å². The maximum Gasteiger partial charge on any atom is 0.171 e. The van der Waals surface area contributed by atoms with Crippen molar-refractivity contribution in [3.8, 4) is 0 Å². The second-order valence-corrected chi connectivity index (χ2v) is 7.63. The van der Waals surface area contributed by atoms with Crippen LogP contribution in [-0.2, 0) is 6.54 Å². The highest BCUT2D eigenvalue weighted by Crippen LogP contribution is 2.36. The molecule has 5 heteroatoms. The minimum Gasteiger partial charge on any atom is -0.468 e. The SMILES string of the molecule is Cc1ccccc1NC(=S)NC1C[C@@H]2CC[C@@H](C1)N2Cc1ccco1. The highest BCUT2D eigenvalue weighted by Gasteiger charge is 2.41. The van der Waals surface area contributed by atoms with Crippen molar-refractivity contribution < 1.29 is 4.42 Å². The molecule has 3 heterocycles. The summed E-state index contributed by atoms with van der Waals surface area (Å²) in [6.07, 6.45) is 6.61. The van der Waals surface area contributed by atoms with E-state index >= 15 is 0 Å². The number of aryl methyl sites for hydroxylation is 1. The van der Waals surface area contributed by atoms with Crippen LogP contribution in [0.15, 0.2) is 47.1 Å². The standard InChI is InChI=1S/C20H25N3OS/c1-14-5-2-3-7-19(14)22-20(25)21-15-11-16-8-9-17(12-15)23(16)13-18-6-4-10-24-18/h2-7,10,15-17H,8-9,11-13H2,1H3,(H2,21,22,25)/t16-,17-/m0/s1. The van der Waals surface area contributed by atoms with Crippen LogP contribution >= 0.6 is 12.2 Å². The summed E-state index contributed by atoms with van der Waals surface area (Å²) < 4.78 is 5.54. The highest BCUT2D eigenvalue weighted by molar-refractivity contribution is 7.80. The minimum absolute atomic E-state index is 0.453. The molecule has 2 atom stereocenters. The van der Waals surface area contributed by atoms with E-state index in [2.05, 4.69) is 40.7 Å². The molecule has 0 radical (unpaired) electrons. The second-order valence-electron chi connectivity index (χ2n) is 7.22. The molecule has 4 rings (SSSR count). The fourth-order valence-corrected chi connectivity index (χ4v) is 4.57. The van der Waals surface area contributed by atoms with Gasteiger partial charge in [0.15, 0.2) is 5.11 Å². The maximum atomic E-state index is 5.55. The number of rotatable bonds is 4. The largest absolute Gasteiger partial charge is 0.468 e. The first-order valence-corrected chi connectivity index (χ1v) is 9.51. The molecule has 1 aromatic carbocycles. The molecule has 2 saturated heterocycles. The van der Waals surface area contributed by atoms with Crippen molar-refractivity contribution in [1.82, 2.24) is 10.2 Å². The number of thiocarbonyl (C=S) groups is 1. The summed E-state index contributed by atoms with van der Waals surface area (Å²) in [6, 6.07) is 14.0. The quantitative estimate of drug-likeness (QED) is 0.809. The van der Waals surface area contributed by atoms with Crippen LogP contribution in [0.2, 0.25) is 0 Å². The van der Waals surface area contributed by atoms with Crippen LogP contribution in [0.25, 0.3) is 0 Å². The van der Waals surface area contributed by atoms with E-state index in [0.717, 1.165) is 35.9 Å². The third-order valence-corrected chi connectivity index (χ3v) is 5.75. The van der Waals surface area contributed by atoms with Gasteiger partial charge in [0, 0.05) is 23.8 Å². The van der Waals surface area contributed by atoms with Gasteiger partial charge < -0.3 is 15.1 Å². The summed E-state index contributed by atoms with van der Waals surface area (Å²) in [5.74, 6) is 1.07. The van der Waals surface area contributed by atoms with Gasteiger partial charge in [0.2, 0.25) is 0 Å². The van der Waals surface area contributed by atoms with E-state index < -0.39 is 0 Å². The number of anilines is 1. The van der Waals surface area contributed by atoms with Crippen LogP contribution in [-0.4, -0.2) is 28.1 Å². The fraction of sp³-hybridized carbons (Fsp3) is 0.450. The number of nitrogens with zero attached hydrogens (tertiary/aromatic N) is 1. The van der Waals surface area contributed by atoms with E-state index in [4.69, 9.17) is 16.6 Å². The van der Waals surface area contributed by atoms with Crippen molar-refractivity contribution in [3.05, 3.63) is 54.0 Å². The summed E-state index contributed by atoms with van der Waals surface area (Å²) in [6.45, 7) is 3.03. The zero-order valence-electron chi connectivity index (χ0n) is 14.6. The zero-order chi connectivity index (χ0) is 17.2. The van der Waals surface area contributed by atoms with Gasteiger partial charge in [-0.05, 0) is 68.6 Å². The first-order valence-electron chi connectivity index (χ1n) is 9.10. The second kappa shape index (κ2) is 7.18. The molecule has 0 aliphatic carbocycles. The van der Waals surface area contributed by atoms with Crippen molar-refractivity contribution in [2.75, 3.05) is 5.32 Å². The first kappa shape index (κ1) is 16.6. The lowest BCUT2D eigenvalue weighted by molar-refractivity contribution is 0.106. The van der Waals surface area contributed by atoms with Gasteiger partial charge in [-0.3, -0.25) is 4.90 Å². The van der Waals surface area contributed by atoms with Crippen molar-refractivity contribution in [1.29, 1.82) is 0 Å². The monoisotopic (exact) mass is 355 g/mol. The maximum absolute atomic E-state index is 5.55. The molecule has 2 fully saturated rings.